The molecule has 29 heavy (non-hydrogen) atoms. The molecule has 3 N–H and O–H groups in total. The molecule has 2 aromatic heterocycles. The van der Waals surface area contributed by atoms with Gasteiger partial charge in [-0.15, -0.1) is 0 Å². The van der Waals surface area contributed by atoms with Crippen LogP contribution in [0.3, 0.4) is 0 Å². The number of hydrogen-bond donors (Lipinski definition) is 3. The maximum Gasteiger partial charge on any atom is 0.212 e. The van der Waals surface area contributed by atoms with Gasteiger partial charge in [0.05, 0.1) is 24.9 Å². The molecule has 3 atom stereocenters. The number of nitrogens with zero attached hydrogens (tertiary/aromatic N) is 2. The van der Waals surface area contributed by atoms with Crippen LogP contribution in [0.25, 0.3) is 0 Å². The fraction of sp³-hybridized carbons (Fsp3) is 0.304. The topological polar surface area (TPSA) is 71.1 Å². The van der Waals surface area contributed by atoms with Gasteiger partial charge in [0.25, 0.3) is 0 Å². The molecule has 0 bridgehead atoms. The van der Waals surface area contributed by atoms with Crippen LogP contribution in [-0.2, 0) is 0 Å². The molecule has 4 rings (SSSR count). The number of hydrogen-bond acceptors (Lipinski definition) is 6. The van der Waals surface area contributed by atoms with Gasteiger partial charge in [-0.05, 0) is 29.2 Å². The first-order valence-corrected chi connectivity index (χ1v) is 9.98. The van der Waals surface area contributed by atoms with Gasteiger partial charge in [-0.2, -0.15) is 0 Å². The summed E-state index contributed by atoms with van der Waals surface area (Å²) < 4.78 is 5.17. The molecule has 1 aliphatic heterocycles. The largest absolute Gasteiger partial charge is 0.481 e. The summed E-state index contributed by atoms with van der Waals surface area (Å²) in [5.41, 5.74) is 3.49. The fourth-order valence-corrected chi connectivity index (χ4v) is 3.69. The van der Waals surface area contributed by atoms with E-state index in [4.69, 9.17) is 4.74 Å². The van der Waals surface area contributed by atoms with Crippen LogP contribution in [0, 0.1) is 0 Å². The van der Waals surface area contributed by atoms with Crippen LogP contribution in [0.1, 0.15) is 30.0 Å². The number of pyridine rings is 2. The number of anilines is 2. The molecular weight excluding hydrogens is 362 g/mol. The molecule has 6 heteroatoms. The normalized spacial score (nSPS) is 17.4. The highest BCUT2D eigenvalue weighted by atomic mass is 16.5. The Morgan fingerprint density at radius 3 is 2.69 bits per heavy atom. The van der Waals surface area contributed by atoms with Gasteiger partial charge in [0.15, 0.2) is 0 Å². The Labute approximate surface area is 171 Å². The van der Waals surface area contributed by atoms with E-state index in [0.717, 1.165) is 24.6 Å². The molecule has 0 unspecified atom stereocenters. The number of fused-ring (bicyclic) bond motifs is 1. The van der Waals surface area contributed by atoms with E-state index in [1.54, 1.807) is 7.11 Å². The summed E-state index contributed by atoms with van der Waals surface area (Å²) in [6, 6.07) is 18.9. The third-order valence-corrected chi connectivity index (χ3v) is 5.38. The summed E-state index contributed by atoms with van der Waals surface area (Å²) in [7, 11) is 1.63. The lowest BCUT2D eigenvalue weighted by atomic mass is 9.96. The molecule has 3 heterocycles. The third kappa shape index (κ3) is 4.49. The van der Waals surface area contributed by atoms with E-state index in [1.165, 1.54) is 11.1 Å². The molecule has 0 saturated carbocycles. The van der Waals surface area contributed by atoms with Gasteiger partial charge in [-0.25, -0.2) is 9.97 Å². The van der Waals surface area contributed by atoms with Crippen molar-refractivity contribution in [2.75, 3.05) is 30.8 Å². The Bertz CT molecular complexity index is 916. The molecule has 3 aromatic rings. The SMILES string of the molecule is COc1ccc([C@@H](C)CN[C@H](c2ccccc2)[C@H]2CNc3cccnc3N2)cn1. The van der Waals surface area contributed by atoms with Crippen molar-refractivity contribution in [1.82, 2.24) is 15.3 Å². The van der Waals surface area contributed by atoms with E-state index in [2.05, 4.69) is 75.3 Å². The lowest BCUT2D eigenvalue weighted by Crippen LogP contribution is -2.45. The third-order valence-electron chi connectivity index (χ3n) is 5.38. The van der Waals surface area contributed by atoms with Crippen molar-refractivity contribution in [3.8, 4) is 5.88 Å². The van der Waals surface area contributed by atoms with Crippen LogP contribution in [-0.4, -0.2) is 36.2 Å². The number of benzene rings is 1. The molecule has 0 fully saturated rings. The zero-order valence-electron chi connectivity index (χ0n) is 16.8. The fourth-order valence-electron chi connectivity index (χ4n) is 3.69. The van der Waals surface area contributed by atoms with Crippen molar-refractivity contribution in [3.63, 3.8) is 0 Å². The molecule has 0 aliphatic carbocycles. The Hall–Kier alpha value is -3.12. The predicted octanol–water partition coefficient (Wildman–Crippen LogP) is 3.83. The summed E-state index contributed by atoms with van der Waals surface area (Å²) in [6.45, 7) is 3.87. The Balaban J connectivity index is 1.49. The Morgan fingerprint density at radius 1 is 1.07 bits per heavy atom. The van der Waals surface area contributed by atoms with Crippen LogP contribution in [0.5, 0.6) is 5.88 Å². The lowest BCUT2D eigenvalue weighted by Gasteiger charge is -2.35. The minimum absolute atomic E-state index is 0.146. The number of aromatic nitrogens is 2. The molecule has 0 radical (unpaired) electrons. The molecule has 0 spiro atoms. The van der Waals surface area contributed by atoms with E-state index in [9.17, 15) is 0 Å². The predicted molar refractivity (Wildman–Crippen MR) is 117 cm³/mol. The van der Waals surface area contributed by atoms with Crippen LogP contribution in [0.4, 0.5) is 11.5 Å². The molecule has 1 aromatic carbocycles. The van der Waals surface area contributed by atoms with Crippen molar-refractivity contribution in [3.05, 3.63) is 78.1 Å². The molecule has 0 amide bonds. The average Bonchev–Trinajstić information content (AvgIpc) is 2.79. The van der Waals surface area contributed by atoms with Gasteiger partial charge in [0.2, 0.25) is 5.88 Å². The Morgan fingerprint density at radius 2 is 1.93 bits per heavy atom. The second-order valence-electron chi connectivity index (χ2n) is 7.36. The standard InChI is InChI=1S/C23H27N5O/c1-16(18-10-11-21(29-2)26-14-18)13-27-22(17-7-4-3-5-8-17)20-15-25-19-9-6-12-24-23(19)28-20/h3-12,14,16,20,22,25,27H,13,15H2,1-2H3,(H,24,28)/t16-,20+,22+/m0/s1. The first kappa shape index (κ1) is 19.2. The van der Waals surface area contributed by atoms with E-state index >= 15 is 0 Å². The summed E-state index contributed by atoms with van der Waals surface area (Å²) in [5, 5.41) is 10.9. The van der Waals surface area contributed by atoms with Gasteiger partial charge < -0.3 is 20.7 Å². The first-order chi connectivity index (χ1) is 14.2. The summed E-state index contributed by atoms with van der Waals surface area (Å²) in [4.78, 5) is 8.82. The highest BCUT2D eigenvalue weighted by molar-refractivity contribution is 5.67. The summed E-state index contributed by atoms with van der Waals surface area (Å²) in [5.74, 6) is 1.86. The van der Waals surface area contributed by atoms with Crippen molar-refractivity contribution in [2.24, 2.45) is 0 Å². The Kier molecular flexibility index (Phi) is 5.91. The van der Waals surface area contributed by atoms with Crippen LogP contribution >= 0.6 is 0 Å². The van der Waals surface area contributed by atoms with E-state index < -0.39 is 0 Å². The van der Waals surface area contributed by atoms with Crippen molar-refractivity contribution in [2.45, 2.75) is 24.9 Å². The zero-order valence-corrected chi connectivity index (χ0v) is 16.8. The number of rotatable bonds is 7. The zero-order chi connectivity index (χ0) is 20.1. The van der Waals surface area contributed by atoms with Crippen LogP contribution < -0.4 is 20.7 Å². The maximum absolute atomic E-state index is 5.17. The number of nitrogens with one attached hydrogen (secondary N) is 3. The van der Waals surface area contributed by atoms with Crippen LogP contribution in [0.15, 0.2) is 67.0 Å². The minimum Gasteiger partial charge on any atom is -0.481 e. The van der Waals surface area contributed by atoms with Crippen molar-refractivity contribution in [1.29, 1.82) is 0 Å². The number of ether oxygens (including phenoxy) is 1. The summed E-state index contributed by atoms with van der Waals surface area (Å²) in [6.07, 6.45) is 3.71. The van der Waals surface area contributed by atoms with Gasteiger partial charge >= 0.3 is 0 Å². The molecule has 150 valence electrons. The van der Waals surface area contributed by atoms with Gasteiger partial charge in [-0.1, -0.05) is 43.3 Å². The van der Waals surface area contributed by atoms with E-state index in [1.807, 2.05) is 24.5 Å². The maximum atomic E-state index is 5.17. The second kappa shape index (κ2) is 8.92. The van der Waals surface area contributed by atoms with Gasteiger partial charge in [0, 0.05) is 31.5 Å². The smallest absolute Gasteiger partial charge is 0.212 e. The lowest BCUT2D eigenvalue weighted by molar-refractivity contribution is 0.397. The number of methoxy groups -OCH3 is 1. The quantitative estimate of drug-likeness (QED) is 0.571. The highest BCUT2D eigenvalue weighted by Gasteiger charge is 2.27. The van der Waals surface area contributed by atoms with Gasteiger partial charge in [-0.3, -0.25) is 0 Å². The van der Waals surface area contributed by atoms with Crippen LogP contribution in [0.2, 0.25) is 0 Å². The first-order valence-electron chi connectivity index (χ1n) is 9.98. The van der Waals surface area contributed by atoms with Crippen molar-refractivity contribution < 1.29 is 4.74 Å². The van der Waals surface area contributed by atoms with E-state index in [0.29, 0.717) is 11.8 Å². The van der Waals surface area contributed by atoms with E-state index in [-0.39, 0.29) is 12.1 Å². The van der Waals surface area contributed by atoms with Crippen molar-refractivity contribution >= 4 is 11.5 Å². The highest BCUT2D eigenvalue weighted by Crippen LogP contribution is 2.29. The molecule has 6 nitrogen and oxygen atoms in total. The second-order valence-corrected chi connectivity index (χ2v) is 7.36. The molecule has 1 aliphatic rings. The molecule has 0 saturated heterocycles. The average molecular weight is 390 g/mol. The summed E-state index contributed by atoms with van der Waals surface area (Å²) >= 11 is 0. The molecular formula is C23H27N5O. The monoisotopic (exact) mass is 389 g/mol. The van der Waals surface area contributed by atoms with Gasteiger partial charge in [0.1, 0.15) is 5.82 Å². The minimum atomic E-state index is 0.146.